The Morgan fingerprint density at radius 2 is 2.06 bits per heavy atom. The van der Waals surface area contributed by atoms with Gasteiger partial charge in [0.15, 0.2) is 23.7 Å². The Kier molecular flexibility index (Phi) is 6.16. The van der Waals surface area contributed by atoms with Crippen LogP contribution in [0.2, 0.25) is 0 Å². The molecule has 1 saturated heterocycles. The highest BCUT2D eigenvalue weighted by Gasteiger charge is 2.58. The van der Waals surface area contributed by atoms with Crippen LogP contribution in [0.1, 0.15) is 49.7 Å². The molecule has 0 amide bonds. The van der Waals surface area contributed by atoms with Crippen molar-refractivity contribution < 1.29 is 38.4 Å². The fourth-order valence-corrected chi connectivity index (χ4v) is 5.81. The molecule has 34 heavy (non-hydrogen) atoms. The van der Waals surface area contributed by atoms with Crippen molar-refractivity contribution in [3.8, 4) is 11.5 Å². The van der Waals surface area contributed by atoms with Crippen molar-refractivity contribution in [3.63, 3.8) is 0 Å². The number of aliphatic hydroxyl groups is 1. The molecule has 1 fully saturated rings. The molecule has 4 aliphatic rings. The maximum absolute atomic E-state index is 12.9. The van der Waals surface area contributed by atoms with Crippen molar-refractivity contribution in [1.29, 1.82) is 0 Å². The molecular weight excluding hydrogens is 442 g/mol. The number of carbonyl (C=O) groups is 2. The van der Waals surface area contributed by atoms with Gasteiger partial charge in [-0.15, -0.1) is 0 Å². The number of hydrogen-bond acceptors (Lipinski definition) is 9. The average Bonchev–Trinajstić information content (AvgIpc) is 3.51. The zero-order chi connectivity index (χ0) is 23.9. The predicted octanol–water partition coefficient (Wildman–Crippen LogP) is 2.05. The molecule has 0 aromatic heterocycles. The average molecular weight is 474 g/mol. The first kappa shape index (κ1) is 23.0. The number of methoxy groups -OCH3 is 1. The molecule has 0 radical (unpaired) electrons. The molecular formula is C25H31NO8. The van der Waals surface area contributed by atoms with Gasteiger partial charge in [0.05, 0.1) is 31.6 Å². The van der Waals surface area contributed by atoms with Crippen LogP contribution in [0.4, 0.5) is 0 Å². The van der Waals surface area contributed by atoms with E-state index in [-0.39, 0.29) is 24.9 Å². The summed E-state index contributed by atoms with van der Waals surface area (Å²) >= 11 is 0. The van der Waals surface area contributed by atoms with Gasteiger partial charge in [-0.1, -0.05) is 6.92 Å². The number of nitrogens with zero attached hydrogens (tertiary/aromatic N) is 1. The molecule has 9 nitrogen and oxygen atoms in total. The minimum Gasteiger partial charge on any atom is -0.497 e. The Bertz CT molecular complexity index is 1010. The molecule has 9 heteroatoms. The number of aliphatic hydroxyl groups excluding tert-OH is 1. The van der Waals surface area contributed by atoms with Gasteiger partial charge in [-0.05, 0) is 61.6 Å². The van der Waals surface area contributed by atoms with E-state index >= 15 is 0 Å². The van der Waals surface area contributed by atoms with E-state index in [0.29, 0.717) is 17.9 Å². The van der Waals surface area contributed by atoms with E-state index in [1.54, 1.807) is 7.11 Å². The van der Waals surface area contributed by atoms with Crippen LogP contribution in [0.3, 0.4) is 0 Å². The van der Waals surface area contributed by atoms with Crippen LogP contribution in [0, 0.1) is 0 Å². The number of benzene rings is 1. The number of ether oxygens (including phenoxy) is 5. The van der Waals surface area contributed by atoms with Gasteiger partial charge in [0, 0.05) is 6.54 Å². The monoisotopic (exact) mass is 473 g/mol. The summed E-state index contributed by atoms with van der Waals surface area (Å²) in [5.41, 5.74) is 1.80. The third kappa shape index (κ3) is 3.80. The van der Waals surface area contributed by atoms with Gasteiger partial charge in [0.25, 0.3) is 0 Å². The maximum atomic E-state index is 12.9. The lowest BCUT2D eigenvalue weighted by molar-refractivity contribution is -0.165. The molecule has 3 heterocycles. The third-order valence-electron chi connectivity index (χ3n) is 7.31. The summed E-state index contributed by atoms with van der Waals surface area (Å²) in [7, 11) is 1.56. The van der Waals surface area contributed by atoms with Gasteiger partial charge in [0.1, 0.15) is 5.76 Å². The van der Waals surface area contributed by atoms with E-state index in [9.17, 15) is 14.7 Å². The SMILES string of the molecule is CCCOC(=O)C[C@@H](O)C(=O)OC1C(OC)=CC23CCCN2CCc2cc4c(cc2[C@H]13)OCO4. The second-order valence-corrected chi connectivity index (χ2v) is 9.26. The lowest BCUT2D eigenvalue weighted by atomic mass is 9.77. The topological polar surface area (TPSA) is 104 Å². The predicted molar refractivity (Wildman–Crippen MR) is 119 cm³/mol. The Morgan fingerprint density at radius 1 is 1.26 bits per heavy atom. The van der Waals surface area contributed by atoms with Crippen LogP contribution in [0.5, 0.6) is 11.5 Å². The molecule has 1 spiro atoms. The van der Waals surface area contributed by atoms with E-state index in [4.69, 9.17) is 23.7 Å². The Hall–Kier alpha value is -2.78. The van der Waals surface area contributed by atoms with Crippen LogP contribution in [0.25, 0.3) is 0 Å². The van der Waals surface area contributed by atoms with Crippen molar-refractivity contribution in [3.05, 3.63) is 35.1 Å². The molecule has 1 aromatic carbocycles. The van der Waals surface area contributed by atoms with Gasteiger partial charge < -0.3 is 28.8 Å². The van der Waals surface area contributed by atoms with Gasteiger partial charge >= 0.3 is 11.9 Å². The minimum atomic E-state index is -1.61. The van der Waals surface area contributed by atoms with Gasteiger partial charge in [-0.25, -0.2) is 4.79 Å². The summed E-state index contributed by atoms with van der Waals surface area (Å²) in [5, 5.41) is 10.4. The minimum absolute atomic E-state index is 0.181. The second kappa shape index (κ2) is 9.11. The van der Waals surface area contributed by atoms with Crippen LogP contribution >= 0.6 is 0 Å². The summed E-state index contributed by atoms with van der Waals surface area (Å²) in [6.07, 6.45) is 2.71. The number of rotatable bonds is 7. The summed E-state index contributed by atoms with van der Waals surface area (Å²) in [6, 6.07) is 4.02. The largest absolute Gasteiger partial charge is 0.497 e. The molecule has 4 atom stereocenters. The second-order valence-electron chi connectivity index (χ2n) is 9.26. The highest BCUT2D eigenvalue weighted by Crippen LogP contribution is 2.55. The number of hydrogen-bond donors (Lipinski definition) is 1. The van der Waals surface area contributed by atoms with Crippen LogP contribution in [-0.2, 0) is 30.2 Å². The summed E-state index contributed by atoms with van der Waals surface area (Å²) < 4.78 is 27.9. The smallest absolute Gasteiger partial charge is 0.336 e. The normalized spacial score (nSPS) is 27.7. The Morgan fingerprint density at radius 3 is 2.82 bits per heavy atom. The molecule has 3 aliphatic heterocycles. The van der Waals surface area contributed by atoms with Crippen molar-refractivity contribution >= 4 is 11.9 Å². The van der Waals surface area contributed by atoms with E-state index in [2.05, 4.69) is 11.0 Å². The van der Waals surface area contributed by atoms with Crippen molar-refractivity contribution in [2.24, 2.45) is 0 Å². The third-order valence-corrected chi connectivity index (χ3v) is 7.31. The first-order chi connectivity index (χ1) is 16.5. The van der Waals surface area contributed by atoms with Crippen molar-refractivity contribution in [1.82, 2.24) is 4.90 Å². The number of carbonyl (C=O) groups excluding carboxylic acids is 2. The zero-order valence-corrected chi connectivity index (χ0v) is 19.6. The lowest BCUT2D eigenvalue weighted by Gasteiger charge is -2.39. The van der Waals surface area contributed by atoms with E-state index < -0.39 is 30.6 Å². The first-order valence-corrected chi connectivity index (χ1v) is 11.9. The van der Waals surface area contributed by atoms with E-state index in [1.807, 2.05) is 19.1 Å². The molecule has 184 valence electrons. The zero-order valence-electron chi connectivity index (χ0n) is 19.6. The standard InChI is InChI=1S/C25H31NO8/c1-3-9-31-21(28)12-17(27)24(29)34-23-20(30-2)13-25-6-4-7-26(25)8-5-15-10-18-19(33-14-32-18)11-16(15)22(23)25/h10-11,13,17,22-23,27H,3-9,12,14H2,1-2H3/t17-,22-,23?,25?/m1/s1. The Labute approximate surface area is 198 Å². The highest BCUT2D eigenvalue weighted by molar-refractivity contribution is 5.82. The molecule has 1 aromatic rings. The molecule has 2 unspecified atom stereocenters. The first-order valence-electron chi connectivity index (χ1n) is 11.9. The van der Waals surface area contributed by atoms with Gasteiger partial charge in [-0.2, -0.15) is 0 Å². The highest BCUT2D eigenvalue weighted by atomic mass is 16.7. The summed E-state index contributed by atoms with van der Waals surface area (Å²) in [6.45, 7) is 4.10. The van der Waals surface area contributed by atoms with Gasteiger partial charge in [0.2, 0.25) is 6.79 Å². The number of fused-ring (bicyclic) bond motifs is 3. The van der Waals surface area contributed by atoms with Crippen molar-refractivity contribution in [2.75, 3.05) is 33.6 Å². The summed E-state index contributed by atoms with van der Waals surface area (Å²) in [4.78, 5) is 27.2. The fraction of sp³-hybridized carbons (Fsp3) is 0.600. The molecule has 5 rings (SSSR count). The molecule has 1 N–H and O–H groups in total. The van der Waals surface area contributed by atoms with Crippen LogP contribution in [-0.4, -0.2) is 73.3 Å². The lowest BCUT2D eigenvalue weighted by Crippen LogP contribution is -2.47. The van der Waals surface area contributed by atoms with Crippen LogP contribution < -0.4 is 9.47 Å². The van der Waals surface area contributed by atoms with Gasteiger partial charge in [-0.3, -0.25) is 9.69 Å². The maximum Gasteiger partial charge on any atom is 0.336 e. The summed E-state index contributed by atoms with van der Waals surface area (Å²) in [5.74, 6) is 0.217. The van der Waals surface area contributed by atoms with Crippen LogP contribution in [0.15, 0.2) is 24.0 Å². The molecule has 1 aliphatic carbocycles. The van der Waals surface area contributed by atoms with E-state index in [0.717, 1.165) is 49.2 Å². The quantitative estimate of drug-likeness (QED) is 0.596. The Balaban J connectivity index is 1.47. The number of esters is 2. The molecule has 0 bridgehead atoms. The fourth-order valence-electron chi connectivity index (χ4n) is 5.81. The van der Waals surface area contributed by atoms with E-state index in [1.165, 1.54) is 0 Å². The van der Waals surface area contributed by atoms with Crippen molar-refractivity contribution in [2.45, 2.75) is 62.7 Å². The molecule has 0 saturated carbocycles.